The summed E-state index contributed by atoms with van der Waals surface area (Å²) in [7, 11) is 0. The number of H-pyrrole nitrogens is 1. The maximum absolute atomic E-state index is 13.3. The van der Waals surface area contributed by atoms with Crippen LogP contribution in [0.4, 0.5) is 17.6 Å². The summed E-state index contributed by atoms with van der Waals surface area (Å²) in [6.45, 7) is 1.36. The maximum Gasteiger partial charge on any atom is 0.416 e. The topological polar surface area (TPSA) is 61.4 Å². The van der Waals surface area contributed by atoms with Gasteiger partial charge in [-0.2, -0.15) is 13.2 Å². The minimum atomic E-state index is -4.64. The molecule has 1 aromatic heterocycles. The summed E-state index contributed by atoms with van der Waals surface area (Å²) in [5, 5.41) is 0. The normalized spacial score (nSPS) is 17.7. The van der Waals surface area contributed by atoms with Crippen molar-refractivity contribution >= 4 is 5.71 Å². The number of halogens is 4. The van der Waals surface area contributed by atoms with Gasteiger partial charge in [-0.3, -0.25) is 14.7 Å². The van der Waals surface area contributed by atoms with E-state index < -0.39 is 17.6 Å². The van der Waals surface area contributed by atoms with Gasteiger partial charge in [0, 0.05) is 32.6 Å². The van der Waals surface area contributed by atoms with Crippen molar-refractivity contribution in [2.75, 3.05) is 13.1 Å². The van der Waals surface area contributed by atoms with Crippen LogP contribution in [0.2, 0.25) is 0 Å². The molecule has 9 heteroatoms. The van der Waals surface area contributed by atoms with Crippen molar-refractivity contribution in [3.63, 3.8) is 0 Å². The number of alkyl halides is 3. The van der Waals surface area contributed by atoms with Gasteiger partial charge >= 0.3 is 6.18 Å². The van der Waals surface area contributed by atoms with Crippen LogP contribution >= 0.6 is 0 Å². The summed E-state index contributed by atoms with van der Waals surface area (Å²) in [5.41, 5.74) is 0.661. The zero-order chi connectivity index (χ0) is 20.6. The second kappa shape index (κ2) is 7.70. The monoisotopic (exact) mass is 408 g/mol. The molecule has 1 N–H and O–H groups in total. The van der Waals surface area contributed by atoms with Crippen molar-refractivity contribution in [2.45, 2.75) is 44.9 Å². The van der Waals surface area contributed by atoms with Crippen molar-refractivity contribution in [1.82, 2.24) is 14.9 Å². The lowest BCUT2D eigenvalue weighted by Gasteiger charge is -2.28. The molecule has 0 spiro atoms. The first-order valence-electron chi connectivity index (χ1n) is 9.55. The fourth-order valence-electron chi connectivity index (χ4n) is 3.83. The SMILES string of the molecule is O=c1[nH]c(C2=NCCCC2)nc2c1CN(Cc1ccc(F)cc1C(F)(F)F)CC2. The van der Waals surface area contributed by atoms with Crippen LogP contribution in [0.5, 0.6) is 0 Å². The van der Waals surface area contributed by atoms with Crippen LogP contribution in [-0.2, 0) is 25.7 Å². The average Bonchev–Trinajstić information content (AvgIpc) is 2.69. The van der Waals surface area contributed by atoms with Crippen molar-refractivity contribution in [3.05, 3.63) is 62.6 Å². The highest BCUT2D eigenvalue weighted by molar-refractivity contribution is 5.97. The van der Waals surface area contributed by atoms with E-state index in [0.717, 1.165) is 43.7 Å². The summed E-state index contributed by atoms with van der Waals surface area (Å²) in [4.78, 5) is 26.1. The molecule has 0 bridgehead atoms. The summed E-state index contributed by atoms with van der Waals surface area (Å²) in [6.07, 6.45) is -1.37. The van der Waals surface area contributed by atoms with Gasteiger partial charge < -0.3 is 4.98 Å². The minimum absolute atomic E-state index is 0.0140. The number of rotatable bonds is 3. The molecule has 2 aliphatic rings. The molecule has 0 radical (unpaired) electrons. The summed E-state index contributed by atoms with van der Waals surface area (Å²) < 4.78 is 53.1. The molecule has 29 heavy (non-hydrogen) atoms. The maximum atomic E-state index is 13.3. The Kier molecular flexibility index (Phi) is 5.24. The number of hydrogen-bond donors (Lipinski definition) is 1. The number of nitrogens with one attached hydrogen (secondary N) is 1. The third kappa shape index (κ3) is 4.24. The van der Waals surface area contributed by atoms with Gasteiger partial charge in [-0.1, -0.05) is 6.07 Å². The number of nitrogens with zero attached hydrogens (tertiary/aromatic N) is 3. The van der Waals surface area contributed by atoms with Gasteiger partial charge in [-0.25, -0.2) is 9.37 Å². The lowest BCUT2D eigenvalue weighted by atomic mass is 10.0. The van der Waals surface area contributed by atoms with Gasteiger partial charge in [0.2, 0.25) is 0 Å². The quantitative estimate of drug-likeness (QED) is 0.792. The third-order valence-corrected chi connectivity index (χ3v) is 5.32. The van der Waals surface area contributed by atoms with Crippen LogP contribution in [-0.4, -0.2) is 33.7 Å². The van der Waals surface area contributed by atoms with Gasteiger partial charge in [0.05, 0.1) is 22.5 Å². The third-order valence-electron chi connectivity index (χ3n) is 5.32. The van der Waals surface area contributed by atoms with Gasteiger partial charge in [0.15, 0.2) is 5.82 Å². The highest BCUT2D eigenvalue weighted by Crippen LogP contribution is 2.33. The minimum Gasteiger partial charge on any atom is -0.305 e. The Balaban J connectivity index is 1.57. The largest absolute Gasteiger partial charge is 0.416 e. The molecule has 0 amide bonds. The van der Waals surface area contributed by atoms with Crippen molar-refractivity contribution in [3.8, 4) is 0 Å². The van der Waals surface area contributed by atoms with Crippen LogP contribution < -0.4 is 5.56 Å². The molecule has 2 aliphatic heterocycles. The second-order valence-electron chi connectivity index (χ2n) is 7.39. The smallest absolute Gasteiger partial charge is 0.305 e. The van der Waals surface area contributed by atoms with Crippen molar-refractivity contribution < 1.29 is 17.6 Å². The molecule has 2 aromatic rings. The number of aromatic amines is 1. The predicted molar refractivity (Wildman–Crippen MR) is 99.3 cm³/mol. The fraction of sp³-hybridized carbons (Fsp3) is 0.450. The Hall–Kier alpha value is -2.55. The molecular formula is C20H20F4N4O. The standard InChI is InChI=1S/C20H20F4N4O/c21-13-5-4-12(15(9-13)20(22,23)24)10-28-8-6-16-14(11-28)19(29)27-18(26-16)17-3-1-2-7-25-17/h4-5,9H,1-3,6-8,10-11H2,(H,26,27,29). The van der Waals surface area contributed by atoms with E-state index in [2.05, 4.69) is 15.0 Å². The van der Waals surface area contributed by atoms with E-state index in [4.69, 9.17) is 0 Å². The zero-order valence-corrected chi connectivity index (χ0v) is 15.7. The first-order chi connectivity index (χ1) is 13.8. The molecule has 3 heterocycles. The number of aromatic nitrogens is 2. The number of hydrogen-bond acceptors (Lipinski definition) is 4. The molecule has 0 aliphatic carbocycles. The van der Waals surface area contributed by atoms with E-state index in [1.54, 1.807) is 4.90 Å². The van der Waals surface area contributed by atoms with Crippen molar-refractivity contribution in [1.29, 1.82) is 0 Å². The molecule has 4 rings (SSSR count). The summed E-state index contributed by atoms with van der Waals surface area (Å²) in [5.74, 6) is -0.427. The number of benzene rings is 1. The Morgan fingerprint density at radius 1 is 1.17 bits per heavy atom. The van der Waals surface area contributed by atoms with Crippen LogP contribution in [0, 0.1) is 5.82 Å². The summed E-state index contributed by atoms with van der Waals surface area (Å²) >= 11 is 0. The first-order valence-corrected chi connectivity index (χ1v) is 9.55. The lowest BCUT2D eigenvalue weighted by Crippen LogP contribution is -2.36. The van der Waals surface area contributed by atoms with E-state index in [1.165, 1.54) is 0 Å². The zero-order valence-electron chi connectivity index (χ0n) is 15.7. The molecular weight excluding hydrogens is 388 g/mol. The van der Waals surface area contributed by atoms with Crippen molar-refractivity contribution in [2.24, 2.45) is 4.99 Å². The van der Waals surface area contributed by atoms with Gasteiger partial charge in [-0.15, -0.1) is 0 Å². The molecule has 0 atom stereocenters. The molecule has 0 saturated carbocycles. The van der Waals surface area contributed by atoms with E-state index in [-0.39, 0.29) is 24.2 Å². The molecule has 1 aromatic carbocycles. The van der Waals surface area contributed by atoms with Crippen LogP contribution in [0.25, 0.3) is 0 Å². The molecule has 0 unspecified atom stereocenters. The summed E-state index contributed by atoms with van der Waals surface area (Å²) in [6, 6.07) is 2.69. The Bertz CT molecular complexity index is 1010. The molecule has 154 valence electrons. The van der Waals surface area contributed by atoms with E-state index >= 15 is 0 Å². The number of fused-ring (bicyclic) bond motifs is 1. The highest BCUT2D eigenvalue weighted by Gasteiger charge is 2.34. The highest BCUT2D eigenvalue weighted by atomic mass is 19.4. The average molecular weight is 408 g/mol. The lowest BCUT2D eigenvalue weighted by molar-refractivity contribution is -0.138. The predicted octanol–water partition coefficient (Wildman–Crippen LogP) is 3.46. The Labute approximate surface area is 164 Å². The van der Waals surface area contributed by atoms with E-state index in [9.17, 15) is 22.4 Å². The van der Waals surface area contributed by atoms with Crippen LogP contribution in [0.15, 0.2) is 28.0 Å². The van der Waals surface area contributed by atoms with E-state index in [0.29, 0.717) is 36.1 Å². The molecule has 0 saturated heterocycles. The fourth-order valence-corrected chi connectivity index (χ4v) is 3.83. The number of aliphatic imine (C=N–C) groups is 1. The van der Waals surface area contributed by atoms with Crippen LogP contribution in [0.3, 0.4) is 0 Å². The Morgan fingerprint density at radius 2 is 2.00 bits per heavy atom. The molecule has 5 nitrogen and oxygen atoms in total. The van der Waals surface area contributed by atoms with E-state index in [1.807, 2.05) is 0 Å². The van der Waals surface area contributed by atoms with Gasteiger partial charge in [0.1, 0.15) is 5.82 Å². The Morgan fingerprint density at radius 3 is 2.72 bits per heavy atom. The van der Waals surface area contributed by atoms with Gasteiger partial charge in [0.25, 0.3) is 5.56 Å². The van der Waals surface area contributed by atoms with Gasteiger partial charge in [-0.05, 0) is 37.0 Å². The first kappa shape index (κ1) is 19.8. The molecule has 0 fully saturated rings. The van der Waals surface area contributed by atoms with Crippen LogP contribution in [0.1, 0.15) is 47.5 Å². The second-order valence-corrected chi connectivity index (χ2v) is 7.39.